The second-order valence-corrected chi connectivity index (χ2v) is 5.55. The molecule has 3 rings (SSSR count). The number of para-hydroxylation sites is 2. The molecule has 0 N–H and O–H groups in total. The molecule has 124 valence electrons. The molecule has 0 radical (unpaired) electrons. The minimum absolute atomic E-state index is 0.281. The zero-order valence-corrected chi connectivity index (χ0v) is 13.8. The van der Waals surface area contributed by atoms with Crippen LogP contribution in [0.15, 0.2) is 53.8 Å². The van der Waals surface area contributed by atoms with Crippen molar-refractivity contribution in [3.8, 4) is 0 Å². The van der Waals surface area contributed by atoms with Gasteiger partial charge in [-0.3, -0.25) is 4.79 Å². The molecule has 24 heavy (non-hydrogen) atoms. The van der Waals surface area contributed by atoms with Crippen molar-refractivity contribution in [1.29, 1.82) is 0 Å². The van der Waals surface area contributed by atoms with Crippen LogP contribution >= 0.6 is 0 Å². The molecule has 0 saturated heterocycles. The summed E-state index contributed by atoms with van der Waals surface area (Å²) in [7, 11) is 0. The third-order valence-corrected chi connectivity index (χ3v) is 3.93. The summed E-state index contributed by atoms with van der Waals surface area (Å²) in [6, 6.07) is 11.2. The molecule has 0 bridgehead atoms. The number of carbonyl (C=O) groups excluding carboxylic acids is 1. The number of imidazole rings is 1. The van der Waals surface area contributed by atoms with E-state index in [4.69, 9.17) is 0 Å². The van der Waals surface area contributed by atoms with Gasteiger partial charge in [-0.15, -0.1) is 0 Å². The molecule has 0 spiro atoms. The van der Waals surface area contributed by atoms with E-state index in [1.165, 1.54) is 12.4 Å². The largest absolute Gasteiger partial charge is 0.619 e. The molecule has 6 heteroatoms. The first-order valence-electron chi connectivity index (χ1n) is 8.11. The zero-order valence-electron chi connectivity index (χ0n) is 13.8. The quantitative estimate of drug-likeness (QED) is 0.546. The first kappa shape index (κ1) is 16.0. The SMILES string of the molecule is CCCn1c(=NC(=O)c2ccc[n+]([O-])c2)n(CC)c2ccccc21. The average Bonchev–Trinajstić information content (AvgIpc) is 2.88. The lowest BCUT2D eigenvalue weighted by Crippen LogP contribution is -2.29. The van der Waals surface area contributed by atoms with Crippen LogP contribution in [0.2, 0.25) is 0 Å². The van der Waals surface area contributed by atoms with Gasteiger partial charge < -0.3 is 14.3 Å². The Labute approximate surface area is 139 Å². The van der Waals surface area contributed by atoms with Crippen LogP contribution in [0.4, 0.5) is 0 Å². The van der Waals surface area contributed by atoms with Gasteiger partial charge in [0.15, 0.2) is 12.4 Å². The summed E-state index contributed by atoms with van der Waals surface area (Å²) in [5.74, 6) is -0.414. The van der Waals surface area contributed by atoms with Crippen molar-refractivity contribution in [1.82, 2.24) is 9.13 Å². The van der Waals surface area contributed by atoms with Crippen LogP contribution in [0.25, 0.3) is 11.0 Å². The minimum atomic E-state index is -0.414. The van der Waals surface area contributed by atoms with Crippen LogP contribution in [0.5, 0.6) is 0 Å². The number of hydrogen-bond acceptors (Lipinski definition) is 2. The predicted octanol–water partition coefficient (Wildman–Crippen LogP) is 2.25. The molecule has 0 saturated carbocycles. The van der Waals surface area contributed by atoms with E-state index in [1.54, 1.807) is 12.1 Å². The Bertz CT molecular complexity index is 953. The molecule has 0 atom stereocenters. The Morgan fingerprint density at radius 1 is 1.12 bits per heavy atom. The van der Waals surface area contributed by atoms with Gasteiger partial charge in [-0.25, -0.2) is 0 Å². The van der Waals surface area contributed by atoms with E-state index in [0.29, 0.717) is 16.9 Å². The number of pyridine rings is 1. The van der Waals surface area contributed by atoms with Crippen molar-refractivity contribution >= 4 is 16.9 Å². The first-order valence-corrected chi connectivity index (χ1v) is 8.11. The molecule has 1 aromatic carbocycles. The van der Waals surface area contributed by atoms with Crippen molar-refractivity contribution in [3.63, 3.8) is 0 Å². The Hall–Kier alpha value is -2.89. The summed E-state index contributed by atoms with van der Waals surface area (Å²) in [6.45, 7) is 5.60. The van der Waals surface area contributed by atoms with Crippen molar-refractivity contribution in [2.24, 2.45) is 4.99 Å². The lowest BCUT2D eigenvalue weighted by atomic mass is 10.3. The highest BCUT2D eigenvalue weighted by Crippen LogP contribution is 2.13. The van der Waals surface area contributed by atoms with Crippen LogP contribution in [0.3, 0.4) is 0 Å². The van der Waals surface area contributed by atoms with E-state index < -0.39 is 5.91 Å². The van der Waals surface area contributed by atoms with Gasteiger partial charge >= 0.3 is 0 Å². The van der Waals surface area contributed by atoms with Crippen LogP contribution in [-0.2, 0) is 13.1 Å². The summed E-state index contributed by atoms with van der Waals surface area (Å²) in [4.78, 5) is 16.9. The number of fused-ring (bicyclic) bond motifs is 1. The highest BCUT2D eigenvalue weighted by Gasteiger charge is 2.13. The van der Waals surface area contributed by atoms with E-state index in [9.17, 15) is 10.0 Å². The molecule has 0 aliphatic heterocycles. The Morgan fingerprint density at radius 2 is 1.83 bits per heavy atom. The van der Waals surface area contributed by atoms with Crippen LogP contribution in [0, 0.1) is 5.21 Å². The van der Waals surface area contributed by atoms with Crippen molar-refractivity contribution in [2.45, 2.75) is 33.4 Å². The Balaban J connectivity index is 2.24. The van der Waals surface area contributed by atoms with E-state index in [-0.39, 0.29) is 5.56 Å². The van der Waals surface area contributed by atoms with Crippen molar-refractivity contribution in [3.05, 3.63) is 65.2 Å². The van der Waals surface area contributed by atoms with E-state index in [2.05, 4.69) is 16.5 Å². The molecular weight excluding hydrogens is 304 g/mol. The smallest absolute Gasteiger partial charge is 0.286 e. The Morgan fingerprint density at radius 3 is 2.46 bits per heavy atom. The summed E-state index contributed by atoms with van der Waals surface area (Å²) in [5.41, 5.74) is 3.00. The summed E-state index contributed by atoms with van der Waals surface area (Å²) in [6.07, 6.45) is 3.52. The molecule has 2 heterocycles. The molecule has 3 aromatic rings. The molecule has 0 unspecified atom stereocenters. The van der Waals surface area contributed by atoms with Gasteiger partial charge in [-0.1, -0.05) is 19.1 Å². The van der Waals surface area contributed by atoms with E-state index >= 15 is 0 Å². The fourth-order valence-electron chi connectivity index (χ4n) is 2.89. The second kappa shape index (κ2) is 6.70. The molecular formula is C18H20N4O2. The summed E-state index contributed by atoms with van der Waals surface area (Å²) in [5, 5.41) is 11.4. The van der Waals surface area contributed by atoms with Gasteiger partial charge in [0.1, 0.15) is 5.56 Å². The normalized spacial score (nSPS) is 12.0. The third kappa shape index (κ3) is 2.82. The van der Waals surface area contributed by atoms with Crippen molar-refractivity contribution < 1.29 is 9.52 Å². The first-order chi connectivity index (χ1) is 11.7. The number of benzene rings is 1. The molecule has 0 aliphatic carbocycles. The predicted molar refractivity (Wildman–Crippen MR) is 91.2 cm³/mol. The Kier molecular flexibility index (Phi) is 4.46. The number of aryl methyl sites for hydroxylation is 2. The lowest BCUT2D eigenvalue weighted by Gasteiger charge is -2.03. The maximum atomic E-state index is 12.5. The number of hydrogen-bond donors (Lipinski definition) is 0. The van der Waals surface area contributed by atoms with Gasteiger partial charge in [0, 0.05) is 19.2 Å². The van der Waals surface area contributed by atoms with Gasteiger partial charge in [0.25, 0.3) is 5.91 Å². The highest BCUT2D eigenvalue weighted by molar-refractivity contribution is 5.94. The molecule has 1 amide bonds. The summed E-state index contributed by atoms with van der Waals surface area (Å²) < 4.78 is 4.69. The average molecular weight is 324 g/mol. The lowest BCUT2D eigenvalue weighted by molar-refractivity contribution is -0.605. The second-order valence-electron chi connectivity index (χ2n) is 5.55. The molecule has 0 aliphatic rings. The maximum absolute atomic E-state index is 12.5. The summed E-state index contributed by atoms with van der Waals surface area (Å²) >= 11 is 0. The van der Waals surface area contributed by atoms with Crippen molar-refractivity contribution in [2.75, 3.05) is 0 Å². The van der Waals surface area contributed by atoms with Crippen LogP contribution in [-0.4, -0.2) is 15.0 Å². The topological polar surface area (TPSA) is 66.2 Å². The zero-order chi connectivity index (χ0) is 17.1. The monoisotopic (exact) mass is 324 g/mol. The maximum Gasteiger partial charge on any atom is 0.286 e. The standard InChI is InChI=1S/C18H20N4O2/c1-3-11-22-16-10-6-5-9-15(16)21(4-2)18(22)19-17(23)14-8-7-12-20(24)13-14/h5-10,12-13H,3-4,11H2,1-2H3. The fraction of sp³-hybridized carbons (Fsp3) is 0.278. The molecule has 0 fully saturated rings. The number of rotatable bonds is 4. The number of aromatic nitrogens is 3. The van der Waals surface area contributed by atoms with Gasteiger partial charge in [-0.2, -0.15) is 9.72 Å². The van der Waals surface area contributed by atoms with E-state index in [1.807, 2.05) is 35.8 Å². The fourth-order valence-corrected chi connectivity index (χ4v) is 2.89. The van der Waals surface area contributed by atoms with Gasteiger partial charge in [0.05, 0.1) is 11.0 Å². The third-order valence-electron chi connectivity index (χ3n) is 3.93. The van der Waals surface area contributed by atoms with Gasteiger partial charge in [0.2, 0.25) is 5.62 Å². The van der Waals surface area contributed by atoms with Gasteiger partial charge in [-0.05, 0) is 31.5 Å². The number of carbonyl (C=O) groups is 1. The minimum Gasteiger partial charge on any atom is -0.619 e. The number of nitrogens with zero attached hydrogens (tertiary/aromatic N) is 4. The highest BCUT2D eigenvalue weighted by atomic mass is 16.5. The number of amides is 1. The molecule has 2 aromatic heterocycles. The molecule has 6 nitrogen and oxygen atoms in total. The van der Waals surface area contributed by atoms with Crippen LogP contribution in [0.1, 0.15) is 30.6 Å². The van der Waals surface area contributed by atoms with E-state index in [0.717, 1.165) is 24.0 Å². The van der Waals surface area contributed by atoms with Crippen LogP contribution < -0.4 is 10.3 Å².